The maximum atomic E-state index is 12.2. The molecule has 0 spiro atoms. The quantitative estimate of drug-likeness (QED) is 0.573. The highest BCUT2D eigenvalue weighted by Gasteiger charge is 2.16. The van der Waals surface area contributed by atoms with Crippen LogP contribution < -0.4 is 10.4 Å². The van der Waals surface area contributed by atoms with Gasteiger partial charge in [0.15, 0.2) is 0 Å². The molecule has 7 heteroatoms. The minimum absolute atomic E-state index is 0.0167. The summed E-state index contributed by atoms with van der Waals surface area (Å²) in [7, 11) is 1.58. The van der Waals surface area contributed by atoms with Crippen molar-refractivity contribution in [3.63, 3.8) is 0 Å². The summed E-state index contributed by atoms with van der Waals surface area (Å²) < 4.78 is 15.5. The molecule has 2 heterocycles. The second-order valence-corrected chi connectivity index (χ2v) is 5.32. The molecule has 0 saturated carbocycles. The fourth-order valence-corrected chi connectivity index (χ4v) is 2.44. The highest BCUT2D eigenvalue weighted by Crippen LogP contribution is 2.25. The van der Waals surface area contributed by atoms with Gasteiger partial charge in [-0.15, -0.1) is 0 Å². The van der Waals surface area contributed by atoms with Crippen LogP contribution in [0.25, 0.3) is 33.8 Å². The zero-order valence-electron chi connectivity index (χ0n) is 13.1. The first-order chi connectivity index (χ1) is 12.1. The van der Waals surface area contributed by atoms with Gasteiger partial charge in [-0.1, -0.05) is 5.16 Å². The number of methoxy groups -OCH3 is 1. The van der Waals surface area contributed by atoms with Gasteiger partial charge in [-0.3, -0.25) is 0 Å². The number of fused-ring (bicyclic) bond motifs is 1. The lowest BCUT2D eigenvalue weighted by atomic mass is 10.1. The molecule has 1 N–H and O–H groups in total. The van der Waals surface area contributed by atoms with E-state index in [0.29, 0.717) is 17.0 Å². The third-order valence-corrected chi connectivity index (χ3v) is 3.72. The zero-order chi connectivity index (χ0) is 17.4. The van der Waals surface area contributed by atoms with Gasteiger partial charge in [-0.25, -0.2) is 4.79 Å². The Hall–Kier alpha value is -3.61. The Labute approximate surface area is 141 Å². The van der Waals surface area contributed by atoms with Crippen LogP contribution in [0.3, 0.4) is 0 Å². The molecule has 0 aliphatic rings. The largest absolute Gasteiger partial charge is 0.508 e. The smallest absolute Gasteiger partial charge is 0.349 e. The van der Waals surface area contributed by atoms with Gasteiger partial charge in [0.1, 0.15) is 22.6 Å². The minimum Gasteiger partial charge on any atom is -0.508 e. The first-order valence-corrected chi connectivity index (χ1v) is 7.39. The van der Waals surface area contributed by atoms with Gasteiger partial charge in [0.2, 0.25) is 5.82 Å². The molecule has 0 aliphatic heterocycles. The van der Waals surface area contributed by atoms with Crippen molar-refractivity contribution in [1.82, 2.24) is 10.1 Å². The predicted molar refractivity (Wildman–Crippen MR) is 89.4 cm³/mol. The molecule has 0 fully saturated rings. The van der Waals surface area contributed by atoms with Crippen LogP contribution in [-0.4, -0.2) is 22.4 Å². The molecule has 0 saturated heterocycles. The average molecular weight is 336 g/mol. The van der Waals surface area contributed by atoms with Gasteiger partial charge >= 0.3 is 5.63 Å². The highest BCUT2D eigenvalue weighted by atomic mass is 16.5. The van der Waals surface area contributed by atoms with Crippen LogP contribution in [0.2, 0.25) is 0 Å². The van der Waals surface area contributed by atoms with E-state index in [1.165, 1.54) is 12.1 Å². The van der Waals surface area contributed by atoms with Crippen molar-refractivity contribution >= 4 is 11.0 Å². The molecule has 7 nitrogen and oxygen atoms in total. The standard InChI is InChI=1S/C18H12N2O5/c1-23-13-6-3-10(4-7-13)16-19-17(25-20-16)14-8-11-2-5-12(21)9-15(11)24-18(14)22/h2-9,21H,1H3. The first kappa shape index (κ1) is 14.9. The Kier molecular flexibility index (Phi) is 3.46. The van der Waals surface area contributed by atoms with Crippen molar-refractivity contribution < 1.29 is 18.8 Å². The van der Waals surface area contributed by atoms with Gasteiger partial charge in [0.25, 0.3) is 5.89 Å². The Morgan fingerprint density at radius 3 is 2.64 bits per heavy atom. The number of rotatable bonds is 3. The Morgan fingerprint density at radius 1 is 1.08 bits per heavy atom. The lowest BCUT2D eigenvalue weighted by molar-refractivity contribution is 0.414. The number of hydrogen-bond donors (Lipinski definition) is 1. The molecule has 0 aliphatic carbocycles. The van der Waals surface area contributed by atoms with E-state index >= 15 is 0 Å². The Morgan fingerprint density at radius 2 is 1.88 bits per heavy atom. The topological polar surface area (TPSA) is 98.6 Å². The molecule has 2 aromatic carbocycles. The number of benzene rings is 2. The van der Waals surface area contributed by atoms with E-state index < -0.39 is 5.63 Å². The average Bonchev–Trinajstić information content (AvgIpc) is 3.11. The number of phenolic OH excluding ortho intramolecular Hbond substituents is 1. The van der Waals surface area contributed by atoms with Gasteiger partial charge in [-0.2, -0.15) is 4.98 Å². The van der Waals surface area contributed by atoms with Crippen molar-refractivity contribution in [2.45, 2.75) is 0 Å². The molecule has 4 rings (SSSR count). The number of nitrogens with zero attached hydrogens (tertiary/aromatic N) is 2. The number of hydrogen-bond acceptors (Lipinski definition) is 7. The van der Waals surface area contributed by atoms with Gasteiger partial charge in [0, 0.05) is 17.0 Å². The van der Waals surface area contributed by atoms with E-state index in [0.717, 1.165) is 5.56 Å². The van der Waals surface area contributed by atoms with Crippen LogP contribution >= 0.6 is 0 Å². The SMILES string of the molecule is COc1ccc(-c2noc(-c3cc4ccc(O)cc4oc3=O)n2)cc1. The molecule has 2 aromatic heterocycles. The lowest BCUT2D eigenvalue weighted by Crippen LogP contribution is -2.02. The van der Waals surface area contributed by atoms with Gasteiger partial charge < -0.3 is 18.8 Å². The van der Waals surface area contributed by atoms with Crippen LogP contribution in [0.15, 0.2) is 62.3 Å². The van der Waals surface area contributed by atoms with E-state index in [-0.39, 0.29) is 22.8 Å². The van der Waals surface area contributed by atoms with Crippen molar-refractivity contribution in [1.29, 1.82) is 0 Å². The molecule has 0 atom stereocenters. The van der Waals surface area contributed by atoms with Crippen LogP contribution in [0, 0.1) is 0 Å². The predicted octanol–water partition coefficient (Wildman–Crippen LogP) is 3.22. The van der Waals surface area contributed by atoms with E-state index in [4.69, 9.17) is 13.7 Å². The van der Waals surface area contributed by atoms with Crippen LogP contribution in [0.1, 0.15) is 0 Å². The monoisotopic (exact) mass is 336 g/mol. The molecule has 0 bridgehead atoms. The lowest BCUT2D eigenvalue weighted by Gasteiger charge is -1.99. The fourth-order valence-electron chi connectivity index (χ4n) is 2.44. The summed E-state index contributed by atoms with van der Waals surface area (Å²) in [5.74, 6) is 1.14. The van der Waals surface area contributed by atoms with E-state index in [2.05, 4.69) is 10.1 Å². The van der Waals surface area contributed by atoms with Crippen molar-refractivity contribution in [3.8, 4) is 34.3 Å². The number of aromatic hydroxyl groups is 1. The molecular formula is C18H12N2O5. The summed E-state index contributed by atoms with van der Waals surface area (Å²) in [5.41, 5.74) is 0.544. The van der Waals surface area contributed by atoms with Crippen molar-refractivity contribution in [2.24, 2.45) is 0 Å². The Balaban J connectivity index is 1.76. The van der Waals surface area contributed by atoms with Crippen molar-refractivity contribution in [3.05, 3.63) is 59.0 Å². The summed E-state index contributed by atoms with van der Waals surface area (Å²) in [5, 5.41) is 14.0. The Bertz CT molecular complexity index is 1110. The van der Waals surface area contributed by atoms with E-state index in [1.807, 2.05) is 0 Å². The van der Waals surface area contributed by atoms with Crippen LogP contribution in [0.4, 0.5) is 0 Å². The normalized spacial score (nSPS) is 10.9. The van der Waals surface area contributed by atoms with Crippen LogP contribution in [0.5, 0.6) is 11.5 Å². The molecule has 0 unspecified atom stereocenters. The summed E-state index contributed by atoms with van der Waals surface area (Å²) in [6.07, 6.45) is 0. The summed E-state index contributed by atoms with van der Waals surface area (Å²) in [6, 6.07) is 13.2. The fraction of sp³-hybridized carbons (Fsp3) is 0.0556. The minimum atomic E-state index is -0.622. The van der Waals surface area contributed by atoms with Crippen molar-refractivity contribution in [2.75, 3.05) is 7.11 Å². The van der Waals surface area contributed by atoms with Gasteiger partial charge in [-0.05, 0) is 42.5 Å². The van der Waals surface area contributed by atoms with E-state index in [9.17, 15) is 9.90 Å². The summed E-state index contributed by atoms with van der Waals surface area (Å²) >= 11 is 0. The summed E-state index contributed by atoms with van der Waals surface area (Å²) in [6.45, 7) is 0. The summed E-state index contributed by atoms with van der Waals surface area (Å²) in [4.78, 5) is 16.4. The number of ether oxygens (including phenoxy) is 1. The highest BCUT2D eigenvalue weighted by molar-refractivity contribution is 5.81. The number of aromatic nitrogens is 2. The molecule has 0 radical (unpaired) electrons. The molecule has 0 amide bonds. The maximum Gasteiger partial charge on any atom is 0.349 e. The van der Waals surface area contributed by atoms with E-state index in [1.54, 1.807) is 43.5 Å². The van der Waals surface area contributed by atoms with Crippen LogP contribution in [-0.2, 0) is 0 Å². The van der Waals surface area contributed by atoms with Gasteiger partial charge in [0.05, 0.1) is 7.11 Å². The first-order valence-electron chi connectivity index (χ1n) is 7.39. The molecular weight excluding hydrogens is 324 g/mol. The molecule has 124 valence electrons. The third kappa shape index (κ3) is 2.72. The molecule has 4 aromatic rings. The third-order valence-electron chi connectivity index (χ3n) is 3.72. The number of phenols is 1. The zero-order valence-corrected chi connectivity index (χ0v) is 13.1. The molecule has 25 heavy (non-hydrogen) atoms. The second kappa shape index (κ2) is 5.79. The maximum absolute atomic E-state index is 12.2. The second-order valence-electron chi connectivity index (χ2n) is 5.32.